The predicted octanol–water partition coefficient (Wildman–Crippen LogP) is 3.49. The van der Waals surface area contributed by atoms with Crippen molar-refractivity contribution in [3.63, 3.8) is 0 Å². The van der Waals surface area contributed by atoms with E-state index in [2.05, 4.69) is 15.5 Å². The molecule has 0 bridgehead atoms. The van der Waals surface area contributed by atoms with Crippen molar-refractivity contribution < 1.29 is 9.21 Å². The van der Waals surface area contributed by atoms with E-state index < -0.39 is 0 Å². The predicted molar refractivity (Wildman–Crippen MR) is 92.6 cm³/mol. The first-order valence-corrected chi connectivity index (χ1v) is 7.83. The van der Waals surface area contributed by atoms with Crippen LogP contribution in [-0.2, 0) is 11.2 Å². The Balaban J connectivity index is 1.55. The molecular weight excluding hydrogens is 316 g/mol. The number of carbonyl (C=O) groups excluding carboxylic acids is 1. The maximum Gasteiger partial charge on any atom is 0.247 e. The van der Waals surface area contributed by atoms with Crippen LogP contribution in [0.4, 0.5) is 5.69 Å². The summed E-state index contributed by atoms with van der Waals surface area (Å²) in [7, 11) is 0. The number of hydrogen-bond donors (Lipinski definition) is 1. The highest BCUT2D eigenvalue weighted by Gasteiger charge is 2.10. The van der Waals surface area contributed by atoms with E-state index in [1.54, 1.807) is 24.3 Å². The molecule has 6 nitrogen and oxygen atoms in total. The second-order valence-corrected chi connectivity index (χ2v) is 5.60. The highest BCUT2D eigenvalue weighted by molar-refractivity contribution is 5.90. The smallest absolute Gasteiger partial charge is 0.247 e. The molecule has 124 valence electrons. The van der Waals surface area contributed by atoms with E-state index in [0.717, 1.165) is 11.1 Å². The van der Waals surface area contributed by atoms with Gasteiger partial charge in [0.05, 0.1) is 11.6 Å². The number of benzene rings is 2. The zero-order valence-electron chi connectivity index (χ0n) is 13.7. The van der Waals surface area contributed by atoms with Crippen molar-refractivity contribution in [1.82, 2.24) is 10.2 Å². The summed E-state index contributed by atoms with van der Waals surface area (Å²) in [6.07, 6.45) is 0.594. The van der Waals surface area contributed by atoms with Crippen LogP contribution >= 0.6 is 0 Å². The van der Waals surface area contributed by atoms with Gasteiger partial charge < -0.3 is 9.73 Å². The highest BCUT2D eigenvalue weighted by Crippen LogP contribution is 2.19. The van der Waals surface area contributed by atoms with Crippen molar-refractivity contribution in [2.75, 3.05) is 5.32 Å². The maximum atomic E-state index is 12.0. The van der Waals surface area contributed by atoms with Gasteiger partial charge in [-0.1, -0.05) is 17.7 Å². The van der Waals surface area contributed by atoms with Gasteiger partial charge in [0, 0.05) is 24.1 Å². The van der Waals surface area contributed by atoms with E-state index in [4.69, 9.17) is 9.68 Å². The molecule has 0 radical (unpaired) electrons. The Hall–Kier alpha value is -3.46. The summed E-state index contributed by atoms with van der Waals surface area (Å²) in [4.78, 5) is 12.0. The minimum atomic E-state index is -0.153. The number of nitrogens with zero attached hydrogens (tertiary/aromatic N) is 3. The van der Waals surface area contributed by atoms with Gasteiger partial charge in [-0.15, -0.1) is 10.2 Å². The van der Waals surface area contributed by atoms with Crippen molar-refractivity contribution in [3.05, 3.63) is 65.5 Å². The van der Waals surface area contributed by atoms with E-state index >= 15 is 0 Å². The molecule has 1 amide bonds. The molecular formula is C19H16N4O2. The zero-order valence-corrected chi connectivity index (χ0v) is 13.7. The van der Waals surface area contributed by atoms with Gasteiger partial charge in [-0.05, 0) is 43.3 Å². The fourth-order valence-electron chi connectivity index (χ4n) is 2.24. The van der Waals surface area contributed by atoms with Gasteiger partial charge in [0.15, 0.2) is 0 Å². The summed E-state index contributed by atoms with van der Waals surface area (Å²) < 4.78 is 5.60. The first kappa shape index (κ1) is 16.4. The maximum absolute atomic E-state index is 12.0. The van der Waals surface area contributed by atoms with E-state index in [-0.39, 0.29) is 12.3 Å². The standard InChI is InChI=1S/C19H16N4O2/c1-13-2-6-15(7-3-13)19-23-22-18(25-19)11-10-17(24)21-16-8-4-14(12-20)5-9-16/h2-9H,10-11H2,1H3,(H,21,24). The summed E-state index contributed by atoms with van der Waals surface area (Å²) in [5, 5.41) is 19.5. The molecule has 0 saturated carbocycles. The second-order valence-electron chi connectivity index (χ2n) is 5.60. The van der Waals surface area contributed by atoms with Crippen molar-refractivity contribution in [2.24, 2.45) is 0 Å². The molecule has 3 rings (SSSR count). The number of aryl methyl sites for hydroxylation is 2. The quantitative estimate of drug-likeness (QED) is 0.772. The van der Waals surface area contributed by atoms with E-state index in [9.17, 15) is 4.79 Å². The van der Waals surface area contributed by atoms with E-state index in [0.29, 0.717) is 29.5 Å². The lowest BCUT2D eigenvalue weighted by Gasteiger charge is -2.03. The molecule has 2 aromatic carbocycles. The first-order valence-electron chi connectivity index (χ1n) is 7.83. The van der Waals surface area contributed by atoms with Crippen LogP contribution in [0.5, 0.6) is 0 Å². The van der Waals surface area contributed by atoms with Gasteiger partial charge in [-0.2, -0.15) is 5.26 Å². The lowest BCUT2D eigenvalue weighted by molar-refractivity contribution is -0.116. The third-order valence-electron chi connectivity index (χ3n) is 3.63. The monoisotopic (exact) mass is 332 g/mol. The molecule has 0 spiro atoms. The van der Waals surface area contributed by atoms with Crippen LogP contribution in [0.2, 0.25) is 0 Å². The Labute approximate surface area is 145 Å². The SMILES string of the molecule is Cc1ccc(-c2nnc(CCC(=O)Nc3ccc(C#N)cc3)o2)cc1. The molecule has 0 unspecified atom stereocenters. The largest absolute Gasteiger partial charge is 0.421 e. The number of nitrogens with one attached hydrogen (secondary N) is 1. The highest BCUT2D eigenvalue weighted by atomic mass is 16.4. The van der Waals surface area contributed by atoms with Crippen LogP contribution in [0.1, 0.15) is 23.4 Å². The third-order valence-corrected chi connectivity index (χ3v) is 3.63. The molecule has 1 N–H and O–H groups in total. The van der Waals surface area contributed by atoms with Crippen LogP contribution in [0, 0.1) is 18.3 Å². The average molecular weight is 332 g/mol. The van der Waals surface area contributed by atoms with E-state index in [1.165, 1.54) is 0 Å². The topological polar surface area (TPSA) is 91.8 Å². The van der Waals surface area contributed by atoms with Crippen LogP contribution in [0.15, 0.2) is 52.9 Å². The van der Waals surface area contributed by atoms with Crippen LogP contribution < -0.4 is 5.32 Å². The summed E-state index contributed by atoms with van der Waals surface area (Å²) in [5.74, 6) is 0.716. The molecule has 3 aromatic rings. The summed E-state index contributed by atoms with van der Waals surface area (Å²) in [6, 6.07) is 16.5. The Morgan fingerprint density at radius 2 is 1.84 bits per heavy atom. The molecule has 0 fully saturated rings. The number of nitriles is 1. The molecule has 0 aliphatic heterocycles. The molecule has 6 heteroatoms. The van der Waals surface area contributed by atoms with Crippen molar-refractivity contribution in [1.29, 1.82) is 5.26 Å². The lowest BCUT2D eigenvalue weighted by Crippen LogP contribution is -2.12. The van der Waals surface area contributed by atoms with Gasteiger partial charge in [0.2, 0.25) is 17.7 Å². The molecule has 25 heavy (non-hydrogen) atoms. The molecule has 0 aliphatic carbocycles. The van der Waals surface area contributed by atoms with Gasteiger partial charge in [0.25, 0.3) is 0 Å². The number of amides is 1. The van der Waals surface area contributed by atoms with Crippen molar-refractivity contribution in [2.45, 2.75) is 19.8 Å². The van der Waals surface area contributed by atoms with Gasteiger partial charge in [-0.25, -0.2) is 0 Å². The van der Waals surface area contributed by atoms with Crippen LogP contribution in [0.25, 0.3) is 11.5 Å². The average Bonchev–Trinajstić information content (AvgIpc) is 3.10. The first-order chi connectivity index (χ1) is 12.1. The normalized spacial score (nSPS) is 10.2. The minimum absolute atomic E-state index is 0.153. The Bertz CT molecular complexity index is 906. The van der Waals surface area contributed by atoms with Crippen LogP contribution in [0.3, 0.4) is 0 Å². The van der Waals surface area contributed by atoms with E-state index in [1.807, 2.05) is 37.3 Å². The molecule has 0 saturated heterocycles. The van der Waals surface area contributed by atoms with Crippen molar-refractivity contribution in [3.8, 4) is 17.5 Å². The molecule has 1 heterocycles. The fourth-order valence-corrected chi connectivity index (χ4v) is 2.24. The van der Waals surface area contributed by atoms with Gasteiger partial charge in [0.1, 0.15) is 0 Å². The molecule has 0 aliphatic rings. The number of hydrogen-bond acceptors (Lipinski definition) is 5. The van der Waals surface area contributed by atoms with Crippen LogP contribution in [-0.4, -0.2) is 16.1 Å². The lowest BCUT2D eigenvalue weighted by atomic mass is 10.1. The molecule has 1 aromatic heterocycles. The number of rotatable bonds is 5. The van der Waals surface area contributed by atoms with Crippen molar-refractivity contribution >= 4 is 11.6 Å². The third kappa shape index (κ3) is 4.30. The fraction of sp³-hybridized carbons (Fsp3) is 0.158. The Morgan fingerprint density at radius 3 is 2.52 bits per heavy atom. The number of aromatic nitrogens is 2. The summed E-state index contributed by atoms with van der Waals surface area (Å²) >= 11 is 0. The summed E-state index contributed by atoms with van der Waals surface area (Å²) in [5.41, 5.74) is 3.21. The second kappa shape index (κ2) is 7.41. The van der Waals surface area contributed by atoms with Gasteiger partial charge in [-0.3, -0.25) is 4.79 Å². The van der Waals surface area contributed by atoms with Gasteiger partial charge >= 0.3 is 0 Å². The Morgan fingerprint density at radius 1 is 1.12 bits per heavy atom. The Kier molecular flexibility index (Phi) is 4.86. The minimum Gasteiger partial charge on any atom is -0.421 e. The number of carbonyl (C=O) groups is 1. The number of anilines is 1. The summed E-state index contributed by atoms with van der Waals surface area (Å²) in [6.45, 7) is 2.01. The zero-order chi connectivity index (χ0) is 17.6. The molecule has 0 atom stereocenters.